The van der Waals surface area contributed by atoms with E-state index >= 15 is 0 Å². The third kappa shape index (κ3) is 2.50. The van der Waals surface area contributed by atoms with Gasteiger partial charge in [-0.3, -0.25) is 0 Å². The van der Waals surface area contributed by atoms with E-state index in [0.717, 1.165) is 0 Å². The lowest BCUT2D eigenvalue weighted by Crippen LogP contribution is -2.18. The quantitative estimate of drug-likeness (QED) is 0.729. The van der Waals surface area contributed by atoms with E-state index < -0.39 is 0 Å². The second-order valence-electron chi connectivity index (χ2n) is 5.36. The van der Waals surface area contributed by atoms with Crippen molar-refractivity contribution in [2.75, 3.05) is 5.32 Å². The fraction of sp³-hybridized carbons (Fsp3) is 0.412. The minimum Gasteiger partial charge on any atom is -0.382 e. The summed E-state index contributed by atoms with van der Waals surface area (Å²) in [6, 6.07) is 15.9. The molecule has 1 heteroatoms. The first kappa shape index (κ1) is 11.6. The minimum atomic E-state index is 0.665. The van der Waals surface area contributed by atoms with Gasteiger partial charge in [0, 0.05) is 17.1 Å². The highest BCUT2D eigenvalue weighted by Crippen LogP contribution is 2.26. The standard InChI is InChI=1S/C17H21N/c1-2-4-11-15(10-3-1)18-17-13-7-9-14-8-5-6-12-16(14)17/h5-9,12-13,15,18H,1-4,10-11H2. The SMILES string of the molecule is c1ccc2c(NC3CCCCCC3)cccc2c1. The molecule has 1 aliphatic carbocycles. The Labute approximate surface area is 109 Å². The first-order valence-corrected chi connectivity index (χ1v) is 7.18. The summed E-state index contributed by atoms with van der Waals surface area (Å²) in [6.07, 6.45) is 8.22. The Morgan fingerprint density at radius 1 is 0.778 bits per heavy atom. The van der Waals surface area contributed by atoms with Gasteiger partial charge in [0.15, 0.2) is 0 Å². The van der Waals surface area contributed by atoms with Gasteiger partial charge in [-0.15, -0.1) is 0 Å². The molecule has 1 aliphatic rings. The molecule has 0 amide bonds. The van der Waals surface area contributed by atoms with Gasteiger partial charge < -0.3 is 5.32 Å². The number of anilines is 1. The van der Waals surface area contributed by atoms with Crippen LogP contribution in [0.25, 0.3) is 10.8 Å². The topological polar surface area (TPSA) is 12.0 Å². The molecule has 1 N–H and O–H groups in total. The summed E-state index contributed by atoms with van der Waals surface area (Å²) < 4.78 is 0. The van der Waals surface area contributed by atoms with Crippen LogP contribution in [0.15, 0.2) is 42.5 Å². The van der Waals surface area contributed by atoms with Crippen LogP contribution in [0.4, 0.5) is 5.69 Å². The molecule has 3 rings (SSSR count). The molecule has 1 saturated carbocycles. The molecule has 0 radical (unpaired) electrons. The minimum absolute atomic E-state index is 0.665. The lowest BCUT2D eigenvalue weighted by molar-refractivity contribution is 0.620. The molecule has 0 unspecified atom stereocenters. The predicted octanol–water partition coefficient (Wildman–Crippen LogP) is 4.97. The Balaban J connectivity index is 1.85. The van der Waals surface area contributed by atoms with Crippen LogP contribution in [0, 0.1) is 0 Å². The first-order valence-electron chi connectivity index (χ1n) is 7.18. The van der Waals surface area contributed by atoms with Crippen molar-refractivity contribution in [2.45, 2.75) is 44.6 Å². The molecule has 0 bridgehead atoms. The van der Waals surface area contributed by atoms with Crippen LogP contribution in [0.2, 0.25) is 0 Å². The lowest BCUT2D eigenvalue weighted by atomic mass is 10.1. The van der Waals surface area contributed by atoms with Crippen LogP contribution in [0.1, 0.15) is 38.5 Å². The highest BCUT2D eigenvalue weighted by molar-refractivity contribution is 5.93. The molecule has 0 spiro atoms. The summed E-state index contributed by atoms with van der Waals surface area (Å²) in [5.74, 6) is 0. The van der Waals surface area contributed by atoms with E-state index in [1.807, 2.05) is 0 Å². The second kappa shape index (κ2) is 5.43. The molecule has 0 aromatic heterocycles. The van der Waals surface area contributed by atoms with E-state index in [1.165, 1.54) is 55.0 Å². The van der Waals surface area contributed by atoms with Crippen LogP contribution in [0.3, 0.4) is 0 Å². The summed E-state index contributed by atoms with van der Waals surface area (Å²) in [4.78, 5) is 0. The Morgan fingerprint density at radius 3 is 2.33 bits per heavy atom. The van der Waals surface area contributed by atoms with Gasteiger partial charge in [0.2, 0.25) is 0 Å². The maximum absolute atomic E-state index is 3.76. The molecule has 0 saturated heterocycles. The van der Waals surface area contributed by atoms with Crippen LogP contribution in [0.5, 0.6) is 0 Å². The number of hydrogen-bond acceptors (Lipinski definition) is 1. The van der Waals surface area contributed by atoms with E-state index in [0.29, 0.717) is 6.04 Å². The van der Waals surface area contributed by atoms with Gasteiger partial charge in [-0.25, -0.2) is 0 Å². The van der Waals surface area contributed by atoms with Crippen LogP contribution in [-0.4, -0.2) is 6.04 Å². The van der Waals surface area contributed by atoms with Crippen LogP contribution in [-0.2, 0) is 0 Å². The number of nitrogens with one attached hydrogen (secondary N) is 1. The van der Waals surface area contributed by atoms with Crippen molar-refractivity contribution in [3.63, 3.8) is 0 Å². The highest BCUT2D eigenvalue weighted by Gasteiger charge is 2.12. The third-order valence-corrected chi connectivity index (χ3v) is 4.00. The zero-order valence-electron chi connectivity index (χ0n) is 10.9. The van der Waals surface area contributed by atoms with Crippen molar-refractivity contribution in [3.8, 4) is 0 Å². The summed E-state index contributed by atoms with van der Waals surface area (Å²) in [6.45, 7) is 0. The predicted molar refractivity (Wildman–Crippen MR) is 79.1 cm³/mol. The Hall–Kier alpha value is -1.50. The summed E-state index contributed by atoms with van der Waals surface area (Å²) in [5, 5.41) is 6.44. The molecular weight excluding hydrogens is 218 g/mol. The third-order valence-electron chi connectivity index (χ3n) is 4.00. The smallest absolute Gasteiger partial charge is 0.0422 e. The Morgan fingerprint density at radius 2 is 1.50 bits per heavy atom. The molecular formula is C17H21N. The summed E-state index contributed by atoms with van der Waals surface area (Å²) >= 11 is 0. The second-order valence-corrected chi connectivity index (χ2v) is 5.36. The highest BCUT2D eigenvalue weighted by atomic mass is 14.9. The zero-order chi connectivity index (χ0) is 12.2. The largest absolute Gasteiger partial charge is 0.382 e. The molecule has 94 valence electrons. The fourth-order valence-corrected chi connectivity index (χ4v) is 2.99. The maximum Gasteiger partial charge on any atom is 0.0422 e. The molecule has 0 heterocycles. The lowest BCUT2D eigenvalue weighted by Gasteiger charge is -2.19. The van der Waals surface area contributed by atoms with Gasteiger partial charge in [-0.2, -0.15) is 0 Å². The Bertz CT molecular complexity index is 505. The van der Waals surface area contributed by atoms with Gasteiger partial charge in [0.1, 0.15) is 0 Å². The molecule has 2 aromatic carbocycles. The van der Waals surface area contributed by atoms with Crippen molar-refractivity contribution in [1.82, 2.24) is 0 Å². The monoisotopic (exact) mass is 239 g/mol. The molecule has 2 aromatic rings. The summed E-state index contributed by atoms with van der Waals surface area (Å²) in [5.41, 5.74) is 1.31. The summed E-state index contributed by atoms with van der Waals surface area (Å²) in [7, 11) is 0. The molecule has 18 heavy (non-hydrogen) atoms. The zero-order valence-corrected chi connectivity index (χ0v) is 10.9. The Kier molecular flexibility index (Phi) is 3.49. The molecule has 0 atom stereocenters. The van der Waals surface area contributed by atoms with Crippen molar-refractivity contribution >= 4 is 16.5 Å². The van der Waals surface area contributed by atoms with E-state index in [9.17, 15) is 0 Å². The fourth-order valence-electron chi connectivity index (χ4n) is 2.99. The van der Waals surface area contributed by atoms with E-state index in [4.69, 9.17) is 0 Å². The molecule has 0 aliphatic heterocycles. The first-order chi connectivity index (χ1) is 8.93. The number of benzene rings is 2. The average Bonchev–Trinajstić information content (AvgIpc) is 2.68. The van der Waals surface area contributed by atoms with Crippen LogP contribution < -0.4 is 5.32 Å². The van der Waals surface area contributed by atoms with E-state index in [2.05, 4.69) is 47.8 Å². The van der Waals surface area contributed by atoms with Crippen molar-refractivity contribution in [2.24, 2.45) is 0 Å². The van der Waals surface area contributed by atoms with Crippen molar-refractivity contribution < 1.29 is 0 Å². The normalized spacial score (nSPS) is 17.6. The number of fused-ring (bicyclic) bond motifs is 1. The number of rotatable bonds is 2. The van der Waals surface area contributed by atoms with Crippen molar-refractivity contribution in [1.29, 1.82) is 0 Å². The van der Waals surface area contributed by atoms with Crippen molar-refractivity contribution in [3.05, 3.63) is 42.5 Å². The van der Waals surface area contributed by atoms with E-state index in [-0.39, 0.29) is 0 Å². The van der Waals surface area contributed by atoms with Gasteiger partial charge in [-0.1, -0.05) is 62.1 Å². The van der Waals surface area contributed by atoms with Crippen LogP contribution >= 0.6 is 0 Å². The van der Waals surface area contributed by atoms with Gasteiger partial charge in [0.05, 0.1) is 0 Å². The van der Waals surface area contributed by atoms with Gasteiger partial charge in [0.25, 0.3) is 0 Å². The number of hydrogen-bond donors (Lipinski definition) is 1. The average molecular weight is 239 g/mol. The van der Waals surface area contributed by atoms with Gasteiger partial charge in [-0.05, 0) is 24.3 Å². The van der Waals surface area contributed by atoms with Gasteiger partial charge >= 0.3 is 0 Å². The maximum atomic E-state index is 3.76. The van der Waals surface area contributed by atoms with E-state index in [1.54, 1.807) is 0 Å². The molecule has 1 nitrogen and oxygen atoms in total. The molecule has 1 fully saturated rings.